The first-order valence-corrected chi connectivity index (χ1v) is 3.70. The highest BCUT2D eigenvalue weighted by atomic mass is 16.5. The van der Waals surface area contributed by atoms with Crippen LogP contribution in [0.1, 0.15) is 18.6 Å². The summed E-state index contributed by atoms with van der Waals surface area (Å²) in [5.41, 5.74) is 0.481. The molecule has 1 rings (SSSR count). The van der Waals surface area contributed by atoms with E-state index in [-0.39, 0.29) is 5.75 Å². The molecule has 2 N–H and O–H groups in total. The summed E-state index contributed by atoms with van der Waals surface area (Å²) in [5.74, 6) is 0.717. The van der Waals surface area contributed by atoms with Crippen molar-refractivity contribution in [1.82, 2.24) is 0 Å². The molecule has 3 heteroatoms. The number of aromatic hydroxyl groups is 1. The van der Waals surface area contributed by atoms with Gasteiger partial charge in [-0.1, -0.05) is 0 Å². The number of phenols is 1. The van der Waals surface area contributed by atoms with Crippen molar-refractivity contribution >= 4 is 0 Å². The van der Waals surface area contributed by atoms with Crippen molar-refractivity contribution in [3.8, 4) is 11.5 Å². The van der Waals surface area contributed by atoms with Crippen LogP contribution in [0.5, 0.6) is 11.5 Å². The molecule has 0 aromatic heterocycles. The normalized spacial score (nSPS) is 12.6. The molecule has 0 aliphatic rings. The van der Waals surface area contributed by atoms with E-state index >= 15 is 0 Å². The number of hydrogen-bond donors (Lipinski definition) is 2. The summed E-state index contributed by atoms with van der Waals surface area (Å²) >= 11 is 0. The molecular weight excluding hydrogens is 156 g/mol. The van der Waals surface area contributed by atoms with Gasteiger partial charge in [0.2, 0.25) is 0 Å². The lowest BCUT2D eigenvalue weighted by Gasteiger charge is -2.08. The number of methoxy groups -OCH3 is 1. The molecule has 66 valence electrons. The number of aliphatic hydroxyl groups is 1. The van der Waals surface area contributed by atoms with Gasteiger partial charge >= 0.3 is 0 Å². The second kappa shape index (κ2) is 3.45. The largest absolute Gasteiger partial charge is 0.508 e. The molecule has 0 amide bonds. The Morgan fingerprint density at radius 3 is 2.58 bits per heavy atom. The smallest absolute Gasteiger partial charge is 0.121 e. The number of aliphatic hydroxyl groups excluding tert-OH is 1. The SMILES string of the molecule is COc1ccc(O)c([C@H](C)O)c1. The lowest BCUT2D eigenvalue weighted by atomic mass is 10.1. The third-order valence-electron chi connectivity index (χ3n) is 1.68. The zero-order chi connectivity index (χ0) is 9.14. The van der Waals surface area contributed by atoms with Crippen LogP contribution in [0.25, 0.3) is 0 Å². The molecule has 0 bridgehead atoms. The predicted molar refractivity (Wildman–Crippen MR) is 45.3 cm³/mol. The maximum atomic E-state index is 9.29. The second-order valence-corrected chi connectivity index (χ2v) is 2.60. The summed E-state index contributed by atoms with van der Waals surface area (Å²) in [4.78, 5) is 0. The van der Waals surface area contributed by atoms with Crippen molar-refractivity contribution < 1.29 is 14.9 Å². The molecule has 0 saturated heterocycles. The number of benzene rings is 1. The molecule has 1 atom stereocenters. The fourth-order valence-electron chi connectivity index (χ4n) is 0.994. The van der Waals surface area contributed by atoms with Crippen molar-refractivity contribution in [2.75, 3.05) is 7.11 Å². The summed E-state index contributed by atoms with van der Waals surface area (Å²) in [6.45, 7) is 1.59. The highest BCUT2D eigenvalue weighted by molar-refractivity contribution is 5.40. The van der Waals surface area contributed by atoms with Gasteiger partial charge in [0.05, 0.1) is 13.2 Å². The Labute approximate surface area is 71.2 Å². The van der Waals surface area contributed by atoms with Gasteiger partial charge in [-0.2, -0.15) is 0 Å². The van der Waals surface area contributed by atoms with Crippen LogP contribution in [0.3, 0.4) is 0 Å². The van der Waals surface area contributed by atoms with E-state index < -0.39 is 6.10 Å². The van der Waals surface area contributed by atoms with Gasteiger partial charge < -0.3 is 14.9 Å². The Balaban J connectivity index is 3.08. The summed E-state index contributed by atoms with van der Waals surface area (Å²) in [6.07, 6.45) is -0.680. The molecule has 12 heavy (non-hydrogen) atoms. The Kier molecular flexibility index (Phi) is 2.55. The second-order valence-electron chi connectivity index (χ2n) is 2.60. The molecule has 0 saturated carbocycles. The minimum Gasteiger partial charge on any atom is -0.508 e. The molecule has 3 nitrogen and oxygen atoms in total. The van der Waals surface area contributed by atoms with Gasteiger partial charge in [0.15, 0.2) is 0 Å². The van der Waals surface area contributed by atoms with Gasteiger partial charge in [0, 0.05) is 5.56 Å². The molecule has 1 aromatic rings. The van der Waals surface area contributed by atoms with Crippen LogP contribution in [0.2, 0.25) is 0 Å². The Morgan fingerprint density at radius 1 is 1.42 bits per heavy atom. The zero-order valence-electron chi connectivity index (χ0n) is 7.11. The van der Waals surface area contributed by atoms with E-state index in [4.69, 9.17) is 4.74 Å². The lowest BCUT2D eigenvalue weighted by Crippen LogP contribution is -1.92. The fraction of sp³-hybridized carbons (Fsp3) is 0.333. The minimum absolute atomic E-state index is 0.0887. The average molecular weight is 168 g/mol. The Bertz CT molecular complexity index is 268. The third-order valence-corrected chi connectivity index (χ3v) is 1.68. The number of rotatable bonds is 2. The molecule has 0 aliphatic heterocycles. The quantitative estimate of drug-likeness (QED) is 0.702. The highest BCUT2D eigenvalue weighted by Gasteiger charge is 2.07. The topological polar surface area (TPSA) is 49.7 Å². The molecule has 0 aliphatic carbocycles. The van der Waals surface area contributed by atoms with Gasteiger partial charge in [-0.3, -0.25) is 0 Å². The minimum atomic E-state index is -0.680. The van der Waals surface area contributed by atoms with Crippen LogP contribution >= 0.6 is 0 Å². The first-order chi connectivity index (χ1) is 5.65. The van der Waals surface area contributed by atoms with Gasteiger partial charge in [0.1, 0.15) is 11.5 Å². The number of ether oxygens (including phenoxy) is 1. The maximum Gasteiger partial charge on any atom is 0.121 e. The van der Waals surface area contributed by atoms with Crippen LogP contribution in [0.4, 0.5) is 0 Å². The van der Waals surface area contributed by atoms with E-state index in [0.717, 1.165) is 0 Å². The molecule has 0 spiro atoms. The first kappa shape index (κ1) is 8.87. The molecule has 1 aromatic carbocycles. The molecule has 0 unspecified atom stereocenters. The van der Waals surface area contributed by atoms with Crippen LogP contribution in [-0.4, -0.2) is 17.3 Å². The Hall–Kier alpha value is -1.22. The standard InChI is InChI=1S/C9H12O3/c1-6(10)8-5-7(12-2)3-4-9(8)11/h3-6,10-11H,1-2H3/t6-/m0/s1. The van der Waals surface area contributed by atoms with Crippen molar-refractivity contribution in [2.24, 2.45) is 0 Å². The highest BCUT2D eigenvalue weighted by Crippen LogP contribution is 2.27. The summed E-state index contributed by atoms with van der Waals surface area (Å²) in [7, 11) is 1.54. The molecule has 0 heterocycles. The van der Waals surface area contributed by atoms with Crippen molar-refractivity contribution in [3.63, 3.8) is 0 Å². The van der Waals surface area contributed by atoms with Gasteiger partial charge in [-0.15, -0.1) is 0 Å². The number of phenolic OH excluding ortho intramolecular Hbond substituents is 1. The number of hydrogen-bond acceptors (Lipinski definition) is 3. The zero-order valence-corrected chi connectivity index (χ0v) is 7.11. The predicted octanol–water partition coefficient (Wildman–Crippen LogP) is 1.45. The van der Waals surface area contributed by atoms with E-state index in [1.165, 1.54) is 13.2 Å². The van der Waals surface area contributed by atoms with E-state index in [9.17, 15) is 10.2 Å². The van der Waals surface area contributed by atoms with Crippen molar-refractivity contribution in [2.45, 2.75) is 13.0 Å². The summed E-state index contributed by atoms with van der Waals surface area (Å²) in [6, 6.07) is 4.75. The first-order valence-electron chi connectivity index (χ1n) is 3.70. The van der Waals surface area contributed by atoms with Crippen LogP contribution < -0.4 is 4.74 Å². The van der Waals surface area contributed by atoms with Crippen LogP contribution in [0.15, 0.2) is 18.2 Å². The lowest BCUT2D eigenvalue weighted by molar-refractivity contribution is 0.194. The molecule has 0 fully saturated rings. The van der Waals surface area contributed by atoms with Crippen LogP contribution in [0, 0.1) is 0 Å². The van der Waals surface area contributed by atoms with Gasteiger partial charge in [-0.25, -0.2) is 0 Å². The molecular formula is C9H12O3. The van der Waals surface area contributed by atoms with E-state index in [1.807, 2.05) is 0 Å². The summed E-state index contributed by atoms with van der Waals surface area (Å²) < 4.78 is 4.94. The van der Waals surface area contributed by atoms with E-state index in [2.05, 4.69) is 0 Å². The average Bonchev–Trinajstić information content (AvgIpc) is 2.05. The van der Waals surface area contributed by atoms with Gasteiger partial charge in [-0.05, 0) is 25.1 Å². The van der Waals surface area contributed by atoms with E-state index in [0.29, 0.717) is 11.3 Å². The van der Waals surface area contributed by atoms with Crippen molar-refractivity contribution in [3.05, 3.63) is 23.8 Å². The fourth-order valence-corrected chi connectivity index (χ4v) is 0.994. The molecule has 0 radical (unpaired) electrons. The summed E-state index contributed by atoms with van der Waals surface area (Å²) in [5, 5.41) is 18.5. The Morgan fingerprint density at radius 2 is 2.08 bits per heavy atom. The maximum absolute atomic E-state index is 9.29. The van der Waals surface area contributed by atoms with Crippen molar-refractivity contribution in [1.29, 1.82) is 0 Å². The van der Waals surface area contributed by atoms with Crippen LogP contribution in [-0.2, 0) is 0 Å². The third kappa shape index (κ3) is 1.68. The van der Waals surface area contributed by atoms with Gasteiger partial charge in [0.25, 0.3) is 0 Å². The monoisotopic (exact) mass is 168 g/mol. The van der Waals surface area contributed by atoms with E-state index in [1.54, 1.807) is 19.1 Å².